The van der Waals surface area contributed by atoms with E-state index >= 15 is 0 Å². The zero-order chi connectivity index (χ0) is 26.3. The number of phenolic OH excluding ortho intramolecular Hbond substituents is 1. The Bertz CT molecular complexity index is 1410. The summed E-state index contributed by atoms with van der Waals surface area (Å²) >= 11 is 6.25. The number of amides is 2. The van der Waals surface area contributed by atoms with E-state index in [1.807, 2.05) is 36.4 Å². The molecule has 0 spiro atoms. The number of allylic oxidation sites excluding steroid dienone is 3. The molecule has 2 amide bonds. The van der Waals surface area contributed by atoms with Crippen LogP contribution < -0.4 is 14.4 Å². The van der Waals surface area contributed by atoms with E-state index in [1.165, 1.54) is 19.1 Å². The number of anilines is 1. The number of rotatable bonds is 6. The van der Waals surface area contributed by atoms with Crippen LogP contribution in [0.4, 0.5) is 5.69 Å². The number of methoxy groups -OCH3 is 2. The maximum Gasteiger partial charge on any atom is 0.246 e. The second-order valence-electron chi connectivity index (χ2n) is 9.10. The number of fused-ring (bicyclic) bond motifs is 1. The lowest BCUT2D eigenvalue weighted by Crippen LogP contribution is -2.48. The zero-order valence-corrected chi connectivity index (χ0v) is 21.2. The molecule has 1 saturated heterocycles. The first kappa shape index (κ1) is 24.7. The maximum atomic E-state index is 14.7. The van der Waals surface area contributed by atoms with Gasteiger partial charge in [0.1, 0.15) is 0 Å². The van der Waals surface area contributed by atoms with E-state index in [0.29, 0.717) is 28.3 Å². The summed E-state index contributed by atoms with van der Waals surface area (Å²) in [6.45, 7) is 4.03. The van der Waals surface area contributed by atoms with Crippen LogP contribution >= 0.6 is 11.6 Å². The van der Waals surface area contributed by atoms with Crippen molar-refractivity contribution in [2.75, 3.05) is 19.1 Å². The van der Waals surface area contributed by atoms with Crippen LogP contribution in [-0.2, 0) is 15.0 Å². The molecule has 0 radical (unpaired) electrons. The van der Waals surface area contributed by atoms with E-state index in [1.54, 1.807) is 42.5 Å². The second kappa shape index (κ2) is 9.45. The number of aromatic hydroxyl groups is 1. The summed E-state index contributed by atoms with van der Waals surface area (Å²) in [5.74, 6) is -1.68. The van der Waals surface area contributed by atoms with Gasteiger partial charge in [0.2, 0.25) is 17.6 Å². The fourth-order valence-corrected chi connectivity index (χ4v) is 6.02. The molecular weight excluding hydrogens is 490 g/mol. The molecule has 7 heteroatoms. The number of imide groups is 1. The third kappa shape index (κ3) is 3.63. The number of halogens is 1. The molecule has 1 aliphatic heterocycles. The van der Waals surface area contributed by atoms with Crippen molar-refractivity contribution in [2.24, 2.45) is 5.92 Å². The van der Waals surface area contributed by atoms with Gasteiger partial charge in [0.05, 0.1) is 31.2 Å². The summed E-state index contributed by atoms with van der Waals surface area (Å²) in [6, 6.07) is 19.5. The largest absolute Gasteiger partial charge is 0.502 e. The Kier molecular flexibility index (Phi) is 6.30. The van der Waals surface area contributed by atoms with Crippen molar-refractivity contribution in [3.63, 3.8) is 0 Å². The number of ether oxygens (including phenoxy) is 2. The predicted molar refractivity (Wildman–Crippen MR) is 142 cm³/mol. The highest BCUT2D eigenvalue weighted by atomic mass is 35.5. The summed E-state index contributed by atoms with van der Waals surface area (Å²) in [5.41, 5.74) is 1.30. The molecule has 2 aliphatic rings. The number of hydrogen-bond acceptors (Lipinski definition) is 5. The van der Waals surface area contributed by atoms with Crippen LogP contribution in [-0.4, -0.2) is 31.1 Å². The molecule has 1 heterocycles. The minimum absolute atomic E-state index is 0.145. The Morgan fingerprint density at radius 2 is 1.70 bits per heavy atom. The fourth-order valence-electron chi connectivity index (χ4n) is 5.83. The van der Waals surface area contributed by atoms with Crippen molar-refractivity contribution in [3.05, 3.63) is 107 Å². The monoisotopic (exact) mass is 515 g/mol. The van der Waals surface area contributed by atoms with E-state index in [2.05, 4.69) is 6.58 Å². The van der Waals surface area contributed by atoms with E-state index in [-0.39, 0.29) is 29.1 Å². The first-order chi connectivity index (χ1) is 17.9. The van der Waals surface area contributed by atoms with Gasteiger partial charge in [0.25, 0.3) is 0 Å². The number of nitrogens with zero attached hydrogens (tertiary/aromatic N) is 1. The molecule has 0 aromatic heterocycles. The molecule has 1 fully saturated rings. The number of phenols is 1. The average Bonchev–Trinajstić information content (AvgIpc) is 3.15. The smallest absolute Gasteiger partial charge is 0.246 e. The van der Waals surface area contributed by atoms with E-state index in [0.717, 1.165) is 5.57 Å². The van der Waals surface area contributed by atoms with Crippen molar-refractivity contribution in [1.29, 1.82) is 0 Å². The average molecular weight is 516 g/mol. The molecule has 37 heavy (non-hydrogen) atoms. The number of benzene rings is 3. The third-order valence-corrected chi connectivity index (χ3v) is 7.63. The molecule has 3 aromatic rings. The molecule has 0 bridgehead atoms. The predicted octanol–water partition coefficient (Wildman–Crippen LogP) is 5.79. The van der Waals surface area contributed by atoms with Crippen molar-refractivity contribution >= 4 is 29.1 Å². The van der Waals surface area contributed by atoms with Gasteiger partial charge in [0, 0.05) is 10.9 Å². The number of hydrogen-bond donors (Lipinski definition) is 1. The minimum Gasteiger partial charge on any atom is -0.502 e. The molecular formula is C30H26ClNO5. The highest BCUT2D eigenvalue weighted by Crippen LogP contribution is 2.59. The molecule has 1 aliphatic carbocycles. The van der Waals surface area contributed by atoms with Gasteiger partial charge in [-0.15, -0.1) is 0 Å². The lowest BCUT2D eigenvalue weighted by Gasteiger charge is -2.43. The van der Waals surface area contributed by atoms with Gasteiger partial charge in [0.15, 0.2) is 11.5 Å². The van der Waals surface area contributed by atoms with Crippen LogP contribution in [0.2, 0.25) is 5.02 Å². The Balaban J connectivity index is 1.83. The molecule has 0 saturated carbocycles. The highest BCUT2D eigenvalue weighted by Gasteiger charge is 2.65. The number of carbonyl (C=O) groups excluding carboxylic acids is 2. The van der Waals surface area contributed by atoms with Crippen molar-refractivity contribution in [1.82, 2.24) is 0 Å². The molecule has 3 atom stereocenters. The van der Waals surface area contributed by atoms with Gasteiger partial charge in [-0.05, 0) is 53.5 Å². The van der Waals surface area contributed by atoms with Crippen LogP contribution in [0.1, 0.15) is 23.5 Å². The topological polar surface area (TPSA) is 76.1 Å². The quantitative estimate of drug-likeness (QED) is 0.420. The highest BCUT2D eigenvalue weighted by molar-refractivity contribution is 6.32. The minimum atomic E-state index is -1.29. The van der Waals surface area contributed by atoms with Gasteiger partial charge >= 0.3 is 0 Å². The van der Waals surface area contributed by atoms with E-state index in [4.69, 9.17) is 21.1 Å². The third-order valence-electron chi connectivity index (χ3n) is 7.39. The molecule has 1 N–H and O–H groups in total. The summed E-state index contributed by atoms with van der Waals surface area (Å²) in [4.78, 5) is 30.0. The van der Waals surface area contributed by atoms with Gasteiger partial charge in [-0.3, -0.25) is 9.59 Å². The van der Waals surface area contributed by atoms with Gasteiger partial charge in [-0.2, -0.15) is 0 Å². The van der Waals surface area contributed by atoms with E-state index < -0.39 is 17.3 Å². The molecule has 0 unspecified atom stereocenters. The van der Waals surface area contributed by atoms with Crippen LogP contribution in [0, 0.1) is 5.92 Å². The Morgan fingerprint density at radius 1 is 1.03 bits per heavy atom. The Labute approximate surface area is 220 Å². The van der Waals surface area contributed by atoms with Gasteiger partial charge in [-0.25, -0.2) is 4.90 Å². The van der Waals surface area contributed by atoms with Crippen molar-refractivity contribution in [3.8, 4) is 17.2 Å². The zero-order valence-electron chi connectivity index (χ0n) is 20.5. The van der Waals surface area contributed by atoms with Gasteiger partial charge < -0.3 is 14.6 Å². The van der Waals surface area contributed by atoms with Crippen molar-refractivity contribution < 1.29 is 24.2 Å². The first-order valence-electron chi connectivity index (χ1n) is 11.8. The maximum absolute atomic E-state index is 14.7. The number of carbonyl (C=O) groups is 2. The molecule has 3 aromatic carbocycles. The Hall–Kier alpha value is -4.03. The molecule has 188 valence electrons. The lowest BCUT2D eigenvalue weighted by atomic mass is 9.56. The second-order valence-corrected chi connectivity index (χ2v) is 9.53. The van der Waals surface area contributed by atoms with Crippen LogP contribution in [0.3, 0.4) is 0 Å². The Morgan fingerprint density at radius 3 is 2.30 bits per heavy atom. The molecule has 6 nitrogen and oxygen atoms in total. The normalized spacial score (nSPS) is 22.9. The summed E-state index contributed by atoms with van der Waals surface area (Å²) in [5, 5.41) is 11.0. The lowest BCUT2D eigenvalue weighted by molar-refractivity contribution is -0.123. The first-order valence-corrected chi connectivity index (χ1v) is 12.2. The summed E-state index contributed by atoms with van der Waals surface area (Å²) in [6.07, 6.45) is 4.04. The van der Waals surface area contributed by atoms with Crippen molar-refractivity contribution in [2.45, 2.75) is 17.8 Å². The standard InChI is InChI=1S/C30H26ClNO5/c1-4-18-13-14-23-28(34)32(22-12-8-11-21(31)17-22)29(35)30(23,20-9-6-5-7-10-20)26(18)19-15-24(36-2)27(33)25(16-19)37-3/h4-13,15-17,23,26,33H,1,14H2,2-3H3/t23-,26+,30+/m0/s1. The van der Waals surface area contributed by atoms with E-state index in [9.17, 15) is 14.7 Å². The molecule has 5 rings (SSSR count). The van der Waals surface area contributed by atoms with Crippen LogP contribution in [0.25, 0.3) is 0 Å². The fraction of sp³-hybridized carbons (Fsp3) is 0.200. The van der Waals surface area contributed by atoms with Crippen LogP contribution in [0.15, 0.2) is 91.0 Å². The SMILES string of the molecule is C=CC1=CC[C@H]2C(=O)N(c3cccc(Cl)c3)C(=O)[C@@]2(c2ccccc2)[C@H]1c1cc(OC)c(O)c(OC)c1. The summed E-state index contributed by atoms with van der Waals surface area (Å²) in [7, 11) is 2.90. The van der Waals surface area contributed by atoms with Crippen LogP contribution in [0.5, 0.6) is 17.2 Å². The van der Waals surface area contributed by atoms with Gasteiger partial charge in [-0.1, -0.05) is 66.7 Å². The summed E-state index contributed by atoms with van der Waals surface area (Å²) < 4.78 is 10.9.